The van der Waals surface area contributed by atoms with E-state index in [2.05, 4.69) is 21.2 Å². The molecule has 0 fully saturated rings. The molecule has 0 aromatic heterocycles. The van der Waals surface area contributed by atoms with Gasteiger partial charge in [-0.05, 0) is 46.6 Å². The fraction of sp³-hybridized carbons (Fsp3) is 0.0714. The van der Waals surface area contributed by atoms with E-state index >= 15 is 0 Å². The molecule has 92 valence electrons. The average molecular weight is 308 g/mol. The van der Waals surface area contributed by atoms with Gasteiger partial charge in [-0.3, -0.25) is 4.79 Å². The number of carbonyl (C=O) groups excluding carboxylic acids is 1. The highest BCUT2D eigenvalue weighted by Gasteiger charge is 2.12. The summed E-state index contributed by atoms with van der Waals surface area (Å²) in [6.45, 7) is 1.66. The highest BCUT2D eigenvalue weighted by atomic mass is 79.9. The molecule has 4 heteroatoms. The Labute approximate surface area is 113 Å². The summed E-state index contributed by atoms with van der Waals surface area (Å²) in [5.41, 5.74) is 1.16. The van der Waals surface area contributed by atoms with Gasteiger partial charge in [0.1, 0.15) is 5.82 Å². The maximum Gasteiger partial charge on any atom is 0.256 e. The van der Waals surface area contributed by atoms with Crippen molar-refractivity contribution in [2.45, 2.75) is 6.92 Å². The third-order valence-corrected chi connectivity index (χ3v) is 3.25. The summed E-state index contributed by atoms with van der Waals surface area (Å²) in [6.07, 6.45) is 0. The Bertz CT molecular complexity index is 598. The first kappa shape index (κ1) is 12.8. The number of anilines is 1. The van der Waals surface area contributed by atoms with Crippen molar-refractivity contribution in [1.82, 2.24) is 0 Å². The topological polar surface area (TPSA) is 29.1 Å². The molecule has 1 amide bonds. The highest BCUT2D eigenvalue weighted by molar-refractivity contribution is 9.10. The van der Waals surface area contributed by atoms with Gasteiger partial charge in [-0.1, -0.05) is 24.3 Å². The Morgan fingerprint density at radius 3 is 2.61 bits per heavy atom. The lowest BCUT2D eigenvalue weighted by molar-refractivity contribution is 0.102. The van der Waals surface area contributed by atoms with Gasteiger partial charge < -0.3 is 5.32 Å². The molecule has 0 aliphatic carbocycles. The zero-order chi connectivity index (χ0) is 13.1. The summed E-state index contributed by atoms with van der Waals surface area (Å²) >= 11 is 3.29. The standard InChI is InChI=1S/C14H11BrFNO/c1-9-5-4-8-12(13(9)16)17-14(18)10-6-2-3-7-11(10)15/h2-8H,1H3,(H,17,18). The third-order valence-electron chi connectivity index (χ3n) is 2.56. The van der Waals surface area contributed by atoms with Crippen LogP contribution in [0.15, 0.2) is 46.9 Å². The van der Waals surface area contributed by atoms with Crippen molar-refractivity contribution in [3.8, 4) is 0 Å². The van der Waals surface area contributed by atoms with Crippen LogP contribution in [0, 0.1) is 12.7 Å². The molecule has 2 aromatic rings. The van der Waals surface area contributed by atoms with Crippen LogP contribution >= 0.6 is 15.9 Å². The zero-order valence-electron chi connectivity index (χ0n) is 9.71. The second-order valence-corrected chi connectivity index (χ2v) is 4.72. The SMILES string of the molecule is Cc1cccc(NC(=O)c2ccccc2Br)c1F. The number of rotatable bonds is 2. The van der Waals surface area contributed by atoms with Crippen molar-refractivity contribution in [2.24, 2.45) is 0 Å². The van der Waals surface area contributed by atoms with Gasteiger partial charge in [-0.15, -0.1) is 0 Å². The first-order valence-electron chi connectivity index (χ1n) is 5.40. The zero-order valence-corrected chi connectivity index (χ0v) is 11.3. The molecule has 0 saturated heterocycles. The van der Waals surface area contributed by atoms with Gasteiger partial charge in [-0.2, -0.15) is 0 Å². The minimum Gasteiger partial charge on any atom is -0.319 e. The summed E-state index contributed by atoms with van der Waals surface area (Å²) in [5.74, 6) is -0.745. The van der Waals surface area contributed by atoms with Crippen LogP contribution in [0.1, 0.15) is 15.9 Å². The number of amides is 1. The van der Waals surface area contributed by atoms with E-state index in [0.717, 1.165) is 0 Å². The summed E-state index contributed by atoms with van der Waals surface area (Å²) in [6, 6.07) is 11.9. The second kappa shape index (κ2) is 5.31. The van der Waals surface area contributed by atoms with Crippen molar-refractivity contribution < 1.29 is 9.18 Å². The second-order valence-electron chi connectivity index (χ2n) is 3.87. The predicted molar refractivity (Wildman–Crippen MR) is 73.2 cm³/mol. The van der Waals surface area contributed by atoms with Crippen LogP contribution in [0.3, 0.4) is 0 Å². The largest absolute Gasteiger partial charge is 0.319 e. The number of halogens is 2. The van der Waals surface area contributed by atoms with E-state index in [1.165, 1.54) is 6.07 Å². The normalized spacial score (nSPS) is 10.2. The molecule has 0 heterocycles. The highest BCUT2D eigenvalue weighted by Crippen LogP contribution is 2.20. The van der Waals surface area contributed by atoms with Gasteiger partial charge in [0, 0.05) is 4.47 Å². The minimum atomic E-state index is -0.405. The van der Waals surface area contributed by atoms with Crippen molar-refractivity contribution in [3.63, 3.8) is 0 Å². The monoisotopic (exact) mass is 307 g/mol. The molecule has 0 saturated carbocycles. The molecular weight excluding hydrogens is 297 g/mol. The Kier molecular flexibility index (Phi) is 3.77. The van der Waals surface area contributed by atoms with Crippen molar-refractivity contribution in [1.29, 1.82) is 0 Å². The molecule has 1 N–H and O–H groups in total. The van der Waals surface area contributed by atoms with Crippen LogP contribution in [-0.2, 0) is 0 Å². The van der Waals surface area contributed by atoms with E-state index in [-0.39, 0.29) is 11.6 Å². The lowest BCUT2D eigenvalue weighted by Crippen LogP contribution is -2.13. The fourth-order valence-corrected chi connectivity index (χ4v) is 2.04. The van der Waals surface area contributed by atoms with Gasteiger partial charge in [0.25, 0.3) is 5.91 Å². The molecule has 0 atom stereocenters. The molecule has 0 radical (unpaired) electrons. The van der Waals surface area contributed by atoms with E-state index in [0.29, 0.717) is 15.6 Å². The summed E-state index contributed by atoms with van der Waals surface area (Å²) in [7, 11) is 0. The number of nitrogens with one attached hydrogen (secondary N) is 1. The number of benzene rings is 2. The van der Waals surface area contributed by atoms with Gasteiger partial charge >= 0.3 is 0 Å². The Morgan fingerprint density at radius 1 is 1.17 bits per heavy atom. The van der Waals surface area contributed by atoms with Crippen LogP contribution in [0.4, 0.5) is 10.1 Å². The Morgan fingerprint density at radius 2 is 1.89 bits per heavy atom. The molecule has 0 bridgehead atoms. The molecule has 2 aromatic carbocycles. The molecule has 0 unspecified atom stereocenters. The maximum absolute atomic E-state index is 13.8. The molecular formula is C14H11BrFNO. The van der Waals surface area contributed by atoms with E-state index < -0.39 is 5.82 Å². The number of hydrogen-bond acceptors (Lipinski definition) is 1. The molecule has 2 rings (SSSR count). The van der Waals surface area contributed by atoms with Crippen LogP contribution in [0.5, 0.6) is 0 Å². The van der Waals surface area contributed by atoms with Gasteiger partial charge in [0.15, 0.2) is 0 Å². The van der Waals surface area contributed by atoms with Gasteiger partial charge in [0.05, 0.1) is 11.3 Å². The molecule has 0 aliphatic heterocycles. The summed E-state index contributed by atoms with van der Waals surface area (Å²) in [5, 5.41) is 2.56. The number of aryl methyl sites for hydroxylation is 1. The van der Waals surface area contributed by atoms with E-state index in [1.807, 2.05) is 6.07 Å². The molecule has 2 nitrogen and oxygen atoms in total. The summed E-state index contributed by atoms with van der Waals surface area (Å²) < 4.78 is 14.4. The smallest absolute Gasteiger partial charge is 0.256 e. The molecule has 0 aliphatic rings. The molecule has 18 heavy (non-hydrogen) atoms. The Hall–Kier alpha value is -1.68. The number of hydrogen-bond donors (Lipinski definition) is 1. The first-order valence-corrected chi connectivity index (χ1v) is 6.20. The van der Waals surface area contributed by atoms with Crippen LogP contribution in [0.25, 0.3) is 0 Å². The van der Waals surface area contributed by atoms with E-state index in [9.17, 15) is 9.18 Å². The van der Waals surface area contributed by atoms with Crippen molar-refractivity contribution >= 4 is 27.5 Å². The quantitative estimate of drug-likeness (QED) is 0.887. The molecule has 0 spiro atoms. The lowest BCUT2D eigenvalue weighted by Gasteiger charge is -2.08. The third kappa shape index (κ3) is 2.59. The number of carbonyl (C=O) groups is 1. The summed E-state index contributed by atoms with van der Waals surface area (Å²) in [4.78, 5) is 12.0. The maximum atomic E-state index is 13.8. The lowest BCUT2D eigenvalue weighted by atomic mass is 10.2. The van der Waals surface area contributed by atoms with E-state index in [1.54, 1.807) is 37.3 Å². The fourth-order valence-electron chi connectivity index (χ4n) is 1.58. The van der Waals surface area contributed by atoms with Gasteiger partial charge in [0.2, 0.25) is 0 Å². The Balaban J connectivity index is 2.27. The van der Waals surface area contributed by atoms with Crippen LogP contribution in [0.2, 0.25) is 0 Å². The van der Waals surface area contributed by atoms with Crippen LogP contribution < -0.4 is 5.32 Å². The van der Waals surface area contributed by atoms with E-state index in [4.69, 9.17) is 0 Å². The van der Waals surface area contributed by atoms with Crippen LogP contribution in [-0.4, -0.2) is 5.91 Å². The minimum absolute atomic E-state index is 0.191. The van der Waals surface area contributed by atoms with Gasteiger partial charge in [-0.25, -0.2) is 4.39 Å². The first-order chi connectivity index (χ1) is 8.59. The average Bonchev–Trinajstić information content (AvgIpc) is 2.35. The van der Waals surface area contributed by atoms with Crippen molar-refractivity contribution in [3.05, 3.63) is 63.9 Å². The predicted octanol–water partition coefficient (Wildman–Crippen LogP) is 4.15. The van der Waals surface area contributed by atoms with Crippen molar-refractivity contribution in [2.75, 3.05) is 5.32 Å².